The molecule has 2 atom stereocenters. The summed E-state index contributed by atoms with van der Waals surface area (Å²) in [4.78, 5) is 2.60. The summed E-state index contributed by atoms with van der Waals surface area (Å²) in [5, 5.41) is 3.57. The average Bonchev–Trinajstić information content (AvgIpc) is 2.63. The van der Waals surface area contributed by atoms with Gasteiger partial charge in [-0.25, -0.2) is 0 Å². The maximum atomic E-state index is 5.40. The first-order chi connectivity index (χ1) is 8.01. The molecule has 102 valence electrons. The molecular weight excluding hydrogens is 212 g/mol. The lowest BCUT2D eigenvalue weighted by atomic mass is 10.1. The normalized spacial score (nSPS) is 25.4. The van der Waals surface area contributed by atoms with Crippen LogP contribution in [-0.4, -0.2) is 50.3 Å². The molecular formula is C14H30N2O. The van der Waals surface area contributed by atoms with Crippen molar-refractivity contribution in [3.05, 3.63) is 0 Å². The van der Waals surface area contributed by atoms with E-state index >= 15 is 0 Å². The maximum Gasteiger partial charge on any atom is 0.0711 e. The lowest BCUT2D eigenvalue weighted by Crippen LogP contribution is -2.41. The Balaban J connectivity index is 2.37. The summed E-state index contributed by atoms with van der Waals surface area (Å²) in [6.45, 7) is 13.8. The number of nitrogens with one attached hydrogen (secondary N) is 1. The van der Waals surface area contributed by atoms with Crippen LogP contribution >= 0.6 is 0 Å². The summed E-state index contributed by atoms with van der Waals surface area (Å²) in [5.41, 5.74) is 0. The minimum Gasteiger partial charge on any atom is -0.380 e. The van der Waals surface area contributed by atoms with Crippen LogP contribution in [0.5, 0.6) is 0 Å². The van der Waals surface area contributed by atoms with Crippen molar-refractivity contribution in [1.82, 2.24) is 10.2 Å². The van der Waals surface area contributed by atoms with Crippen LogP contribution in [0.2, 0.25) is 0 Å². The quantitative estimate of drug-likeness (QED) is 0.739. The smallest absolute Gasteiger partial charge is 0.0711 e. The number of hydrogen-bond acceptors (Lipinski definition) is 3. The van der Waals surface area contributed by atoms with Crippen molar-refractivity contribution in [3.63, 3.8) is 0 Å². The minimum atomic E-state index is 0.417. The number of ether oxygens (including phenoxy) is 1. The molecule has 1 N–H and O–H groups in total. The summed E-state index contributed by atoms with van der Waals surface area (Å²) in [6, 6.07) is 0.609. The van der Waals surface area contributed by atoms with Gasteiger partial charge in [0.15, 0.2) is 0 Å². The predicted molar refractivity (Wildman–Crippen MR) is 73.3 cm³/mol. The van der Waals surface area contributed by atoms with E-state index in [1.165, 1.54) is 13.1 Å². The van der Waals surface area contributed by atoms with Crippen molar-refractivity contribution in [2.75, 3.05) is 33.3 Å². The van der Waals surface area contributed by atoms with E-state index in [1.54, 1.807) is 0 Å². The highest BCUT2D eigenvalue weighted by atomic mass is 16.5. The molecule has 0 radical (unpaired) electrons. The van der Waals surface area contributed by atoms with Crippen molar-refractivity contribution >= 4 is 0 Å². The summed E-state index contributed by atoms with van der Waals surface area (Å²) in [6.07, 6.45) is 1.57. The molecule has 17 heavy (non-hydrogen) atoms. The summed E-state index contributed by atoms with van der Waals surface area (Å²) in [5.74, 6) is 1.49. The van der Waals surface area contributed by atoms with Gasteiger partial charge in [-0.2, -0.15) is 0 Å². The van der Waals surface area contributed by atoms with Crippen molar-refractivity contribution < 1.29 is 4.74 Å². The fourth-order valence-corrected chi connectivity index (χ4v) is 2.67. The predicted octanol–water partition coefficient (Wildman–Crippen LogP) is 1.98. The van der Waals surface area contributed by atoms with Gasteiger partial charge in [0, 0.05) is 39.3 Å². The third-order valence-corrected chi connectivity index (χ3v) is 3.24. The Morgan fingerprint density at radius 3 is 2.18 bits per heavy atom. The molecule has 0 aliphatic carbocycles. The molecule has 0 saturated carbocycles. The van der Waals surface area contributed by atoms with E-state index in [0.29, 0.717) is 12.1 Å². The topological polar surface area (TPSA) is 24.5 Å². The van der Waals surface area contributed by atoms with E-state index in [0.717, 1.165) is 31.3 Å². The summed E-state index contributed by atoms with van der Waals surface area (Å²) < 4.78 is 5.40. The molecule has 1 heterocycles. The van der Waals surface area contributed by atoms with Crippen LogP contribution in [0, 0.1) is 11.8 Å². The SMILES string of the molecule is COC1CNC(CN(CC(C)C)CC(C)C)C1. The third kappa shape index (κ3) is 5.84. The highest BCUT2D eigenvalue weighted by Gasteiger charge is 2.25. The second-order valence-corrected chi connectivity index (χ2v) is 6.20. The summed E-state index contributed by atoms with van der Waals surface area (Å²) >= 11 is 0. The van der Waals surface area contributed by atoms with Crippen molar-refractivity contribution in [3.8, 4) is 0 Å². The third-order valence-electron chi connectivity index (χ3n) is 3.24. The molecule has 1 aliphatic heterocycles. The maximum absolute atomic E-state index is 5.40. The van der Waals surface area contributed by atoms with Gasteiger partial charge in [-0.05, 0) is 18.3 Å². The van der Waals surface area contributed by atoms with Crippen LogP contribution in [0.3, 0.4) is 0 Å². The fourth-order valence-electron chi connectivity index (χ4n) is 2.67. The largest absolute Gasteiger partial charge is 0.380 e. The first-order valence-electron chi connectivity index (χ1n) is 6.99. The first kappa shape index (κ1) is 14.9. The molecule has 1 fully saturated rings. The molecule has 3 heteroatoms. The molecule has 3 nitrogen and oxygen atoms in total. The van der Waals surface area contributed by atoms with Gasteiger partial charge < -0.3 is 15.0 Å². The van der Waals surface area contributed by atoms with Crippen LogP contribution in [0.1, 0.15) is 34.1 Å². The van der Waals surface area contributed by atoms with Crippen molar-refractivity contribution in [2.24, 2.45) is 11.8 Å². The van der Waals surface area contributed by atoms with E-state index in [2.05, 4.69) is 37.9 Å². The van der Waals surface area contributed by atoms with Gasteiger partial charge in [0.2, 0.25) is 0 Å². The lowest BCUT2D eigenvalue weighted by Gasteiger charge is -2.28. The Bertz CT molecular complexity index is 196. The Labute approximate surface area is 107 Å². The Kier molecular flexibility index (Phi) is 6.45. The van der Waals surface area contributed by atoms with Gasteiger partial charge in [0.05, 0.1) is 6.10 Å². The minimum absolute atomic E-state index is 0.417. The monoisotopic (exact) mass is 242 g/mol. The van der Waals surface area contributed by atoms with Crippen LogP contribution in [0.4, 0.5) is 0 Å². The first-order valence-corrected chi connectivity index (χ1v) is 6.99. The fraction of sp³-hybridized carbons (Fsp3) is 1.00. The molecule has 0 aromatic heterocycles. The molecule has 0 aromatic rings. The van der Waals surface area contributed by atoms with E-state index in [-0.39, 0.29) is 0 Å². The van der Waals surface area contributed by atoms with Gasteiger partial charge in [-0.1, -0.05) is 27.7 Å². The standard InChI is InChI=1S/C14H30N2O/c1-11(2)8-16(9-12(3)4)10-13-6-14(17-5)7-15-13/h11-15H,6-10H2,1-5H3. The average molecular weight is 242 g/mol. The molecule has 1 saturated heterocycles. The Morgan fingerprint density at radius 2 is 1.76 bits per heavy atom. The van der Waals surface area contributed by atoms with Gasteiger partial charge in [-0.15, -0.1) is 0 Å². The lowest BCUT2D eigenvalue weighted by molar-refractivity contribution is 0.114. The van der Waals surface area contributed by atoms with Gasteiger partial charge >= 0.3 is 0 Å². The number of hydrogen-bond donors (Lipinski definition) is 1. The zero-order valence-electron chi connectivity index (χ0n) is 12.2. The van der Waals surface area contributed by atoms with Gasteiger partial charge in [0.25, 0.3) is 0 Å². The van der Waals surface area contributed by atoms with E-state index in [1.807, 2.05) is 7.11 Å². The molecule has 1 rings (SSSR count). The Morgan fingerprint density at radius 1 is 1.18 bits per heavy atom. The van der Waals surface area contributed by atoms with Crippen LogP contribution in [0.15, 0.2) is 0 Å². The van der Waals surface area contributed by atoms with Crippen LogP contribution in [0.25, 0.3) is 0 Å². The van der Waals surface area contributed by atoms with Crippen molar-refractivity contribution in [2.45, 2.75) is 46.3 Å². The molecule has 1 aliphatic rings. The van der Waals surface area contributed by atoms with Gasteiger partial charge in [-0.3, -0.25) is 0 Å². The number of nitrogens with zero attached hydrogens (tertiary/aromatic N) is 1. The van der Waals surface area contributed by atoms with Gasteiger partial charge in [0.1, 0.15) is 0 Å². The van der Waals surface area contributed by atoms with E-state index in [4.69, 9.17) is 4.74 Å². The van der Waals surface area contributed by atoms with Crippen molar-refractivity contribution in [1.29, 1.82) is 0 Å². The molecule has 0 amide bonds. The zero-order chi connectivity index (χ0) is 12.8. The second kappa shape index (κ2) is 7.34. The number of rotatable bonds is 7. The van der Waals surface area contributed by atoms with Crippen LogP contribution < -0.4 is 5.32 Å². The molecule has 2 unspecified atom stereocenters. The number of methoxy groups -OCH3 is 1. The second-order valence-electron chi connectivity index (χ2n) is 6.20. The molecule has 0 spiro atoms. The highest BCUT2D eigenvalue weighted by molar-refractivity contribution is 4.84. The highest BCUT2D eigenvalue weighted by Crippen LogP contribution is 2.13. The molecule has 0 aromatic carbocycles. The Hall–Kier alpha value is -0.120. The van der Waals surface area contributed by atoms with E-state index in [9.17, 15) is 0 Å². The molecule has 0 bridgehead atoms. The summed E-state index contributed by atoms with van der Waals surface area (Å²) in [7, 11) is 1.81. The zero-order valence-corrected chi connectivity index (χ0v) is 12.2. The van der Waals surface area contributed by atoms with Crippen LogP contribution in [-0.2, 0) is 4.74 Å². The van der Waals surface area contributed by atoms with E-state index < -0.39 is 0 Å².